The molecular formula is C15H15NO3. The first-order chi connectivity index (χ1) is 9.33. The van der Waals surface area contributed by atoms with Crippen LogP contribution in [-0.4, -0.2) is 12.5 Å². The van der Waals surface area contributed by atoms with Crippen LogP contribution in [0.1, 0.15) is 23.7 Å². The lowest BCUT2D eigenvalue weighted by Gasteiger charge is -2.08. The maximum atomic E-state index is 11.9. The quantitative estimate of drug-likeness (QED) is 0.915. The minimum Gasteiger partial charge on any atom is -0.493 e. The number of carbonyl (C=O) groups is 1. The zero-order valence-corrected chi connectivity index (χ0v) is 10.5. The highest BCUT2D eigenvalue weighted by Crippen LogP contribution is 2.35. The van der Waals surface area contributed by atoms with E-state index in [2.05, 4.69) is 5.32 Å². The Labute approximate surface area is 111 Å². The molecule has 1 aliphatic heterocycles. The van der Waals surface area contributed by atoms with Gasteiger partial charge in [-0.05, 0) is 18.2 Å². The third-order valence-electron chi connectivity index (χ3n) is 3.27. The van der Waals surface area contributed by atoms with Crippen molar-refractivity contribution in [2.45, 2.75) is 18.9 Å². The molecule has 19 heavy (non-hydrogen) atoms. The van der Waals surface area contributed by atoms with Crippen molar-refractivity contribution >= 4 is 5.91 Å². The Bertz CT molecular complexity index is 563. The van der Waals surface area contributed by atoms with Crippen molar-refractivity contribution in [3.8, 4) is 5.75 Å². The number of furan rings is 1. The summed E-state index contributed by atoms with van der Waals surface area (Å²) in [5.41, 5.74) is 1.12. The van der Waals surface area contributed by atoms with Crippen LogP contribution in [0.3, 0.4) is 0 Å². The third-order valence-corrected chi connectivity index (χ3v) is 3.27. The molecule has 3 rings (SSSR count). The molecule has 4 heteroatoms. The van der Waals surface area contributed by atoms with Crippen molar-refractivity contribution in [2.75, 3.05) is 6.61 Å². The SMILES string of the molecule is O=C(CC1COc2ccccc21)NCc1ccco1. The Morgan fingerprint density at radius 1 is 1.26 bits per heavy atom. The van der Waals surface area contributed by atoms with E-state index in [1.807, 2.05) is 36.4 Å². The summed E-state index contributed by atoms with van der Waals surface area (Å²) in [7, 11) is 0. The average molecular weight is 257 g/mol. The second kappa shape index (κ2) is 5.18. The van der Waals surface area contributed by atoms with Crippen LogP contribution in [0.4, 0.5) is 0 Å². The first kappa shape index (κ1) is 11.8. The van der Waals surface area contributed by atoms with Crippen LogP contribution >= 0.6 is 0 Å². The van der Waals surface area contributed by atoms with Gasteiger partial charge in [-0.15, -0.1) is 0 Å². The van der Waals surface area contributed by atoms with Gasteiger partial charge in [-0.25, -0.2) is 0 Å². The molecular weight excluding hydrogens is 242 g/mol. The summed E-state index contributed by atoms with van der Waals surface area (Å²) in [6.07, 6.45) is 2.04. The Hall–Kier alpha value is -2.23. The monoisotopic (exact) mass is 257 g/mol. The van der Waals surface area contributed by atoms with Gasteiger partial charge in [0.2, 0.25) is 5.91 Å². The molecule has 1 amide bonds. The summed E-state index contributed by atoms with van der Waals surface area (Å²) in [6, 6.07) is 11.5. The number of fused-ring (bicyclic) bond motifs is 1. The van der Waals surface area contributed by atoms with Crippen LogP contribution < -0.4 is 10.1 Å². The predicted molar refractivity (Wildman–Crippen MR) is 69.8 cm³/mol. The van der Waals surface area contributed by atoms with Crippen LogP contribution in [-0.2, 0) is 11.3 Å². The number of rotatable bonds is 4. The van der Waals surface area contributed by atoms with Crippen molar-refractivity contribution in [2.24, 2.45) is 0 Å². The number of nitrogens with one attached hydrogen (secondary N) is 1. The highest BCUT2D eigenvalue weighted by atomic mass is 16.5. The molecule has 0 spiro atoms. The zero-order valence-electron chi connectivity index (χ0n) is 10.5. The second-order valence-corrected chi connectivity index (χ2v) is 4.61. The molecule has 2 aromatic rings. The van der Waals surface area contributed by atoms with Gasteiger partial charge in [0, 0.05) is 17.9 Å². The van der Waals surface area contributed by atoms with Gasteiger partial charge in [-0.3, -0.25) is 4.79 Å². The molecule has 98 valence electrons. The third kappa shape index (κ3) is 2.62. The molecule has 1 aliphatic rings. The van der Waals surface area contributed by atoms with Crippen molar-refractivity contribution in [1.29, 1.82) is 0 Å². The number of para-hydroxylation sites is 1. The van der Waals surface area contributed by atoms with Crippen molar-refractivity contribution < 1.29 is 13.9 Å². The molecule has 1 N–H and O–H groups in total. The summed E-state index contributed by atoms with van der Waals surface area (Å²) in [6.45, 7) is 1.01. The summed E-state index contributed by atoms with van der Waals surface area (Å²) in [5, 5.41) is 2.85. The Morgan fingerprint density at radius 2 is 2.16 bits per heavy atom. The Kier molecular flexibility index (Phi) is 3.23. The van der Waals surface area contributed by atoms with E-state index in [0.717, 1.165) is 17.1 Å². The lowest BCUT2D eigenvalue weighted by atomic mass is 9.97. The highest BCUT2D eigenvalue weighted by molar-refractivity contribution is 5.77. The molecule has 1 atom stereocenters. The predicted octanol–water partition coefficient (Wildman–Crippen LogP) is 2.46. The fourth-order valence-electron chi connectivity index (χ4n) is 2.29. The molecule has 0 saturated carbocycles. The molecule has 1 unspecified atom stereocenters. The van der Waals surface area contributed by atoms with Gasteiger partial charge in [-0.1, -0.05) is 18.2 Å². The maximum Gasteiger partial charge on any atom is 0.221 e. The topological polar surface area (TPSA) is 51.5 Å². The zero-order chi connectivity index (χ0) is 13.1. The van der Waals surface area contributed by atoms with E-state index in [0.29, 0.717) is 19.6 Å². The van der Waals surface area contributed by atoms with E-state index in [-0.39, 0.29) is 11.8 Å². The smallest absolute Gasteiger partial charge is 0.221 e. The van der Waals surface area contributed by atoms with Gasteiger partial charge < -0.3 is 14.5 Å². The van der Waals surface area contributed by atoms with Gasteiger partial charge >= 0.3 is 0 Å². The van der Waals surface area contributed by atoms with E-state index in [4.69, 9.17) is 9.15 Å². The van der Waals surface area contributed by atoms with E-state index in [1.165, 1.54) is 0 Å². The Balaban J connectivity index is 1.56. The molecule has 0 radical (unpaired) electrons. The number of hydrogen-bond acceptors (Lipinski definition) is 3. The van der Waals surface area contributed by atoms with Gasteiger partial charge in [0.15, 0.2) is 0 Å². The lowest BCUT2D eigenvalue weighted by Crippen LogP contribution is -2.24. The summed E-state index contributed by atoms with van der Waals surface area (Å²) >= 11 is 0. The van der Waals surface area contributed by atoms with Crippen molar-refractivity contribution in [3.05, 3.63) is 54.0 Å². The average Bonchev–Trinajstić information content (AvgIpc) is 3.07. The van der Waals surface area contributed by atoms with Crippen LogP contribution in [0.5, 0.6) is 5.75 Å². The number of benzene rings is 1. The summed E-state index contributed by atoms with van der Waals surface area (Å²) < 4.78 is 10.7. The van der Waals surface area contributed by atoms with E-state index in [9.17, 15) is 4.79 Å². The molecule has 0 fully saturated rings. The highest BCUT2D eigenvalue weighted by Gasteiger charge is 2.25. The fraction of sp³-hybridized carbons (Fsp3) is 0.267. The fourth-order valence-corrected chi connectivity index (χ4v) is 2.29. The first-order valence-corrected chi connectivity index (χ1v) is 6.34. The van der Waals surface area contributed by atoms with Crippen LogP contribution in [0.15, 0.2) is 47.1 Å². The summed E-state index contributed by atoms with van der Waals surface area (Å²) in [5.74, 6) is 1.82. The number of carbonyl (C=O) groups excluding carboxylic acids is 1. The minimum absolute atomic E-state index is 0.0155. The first-order valence-electron chi connectivity index (χ1n) is 6.34. The number of ether oxygens (including phenoxy) is 1. The molecule has 1 aromatic heterocycles. The largest absolute Gasteiger partial charge is 0.493 e. The van der Waals surface area contributed by atoms with Gasteiger partial charge in [0.25, 0.3) is 0 Å². The molecule has 0 aliphatic carbocycles. The van der Waals surface area contributed by atoms with Crippen molar-refractivity contribution in [3.63, 3.8) is 0 Å². The van der Waals surface area contributed by atoms with Crippen LogP contribution in [0.2, 0.25) is 0 Å². The van der Waals surface area contributed by atoms with Crippen LogP contribution in [0, 0.1) is 0 Å². The normalized spacial score (nSPS) is 16.7. The second-order valence-electron chi connectivity index (χ2n) is 4.61. The standard InChI is InChI=1S/C15H15NO3/c17-15(16-9-12-4-3-7-18-12)8-11-10-19-14-6-2-1-5-13(11)14/h1-7,11H,8-10H2,(H,16,17). The molecule has 4 nitrogen and oxygen atoms in total. The Morgan fingerprint density at radius 3 is 3.00 bits per heavy atom. The van der Waals surface area contributed by atoms with Gasteiger partial charge in [0.05, 0.1) is 19.4 Å². The number of hydrogen-bond donors (Lipinski definition) is 1. The number of amides is 1. The molecule has 1 aromatic carbocycles. The van der Waals surface area contributed by atoms with E-state index < -0.39 is 0 Å². The van der Waals surface area contributed by atoms with Crippen molar-refractivity contribution in [1.82, 2.24) is 5.32 Å². The van der Waals surface area contributed by atoms with Gasteiger partial charge in [0.1, 0.15) is 11.5 Å². The molecule has 0 saturated heterocycles. The minimum atomic E-state index is 0.0155. The summed E-state index contributed by atoms with van der Waals surface area (Å²) in [4.78, 5) is 11.9. The molecule has 2 heterocycles. The molecule has 0 bridgehead atoms. The van der Waals surface area contributed by atoms with Crippen LogP contribution in [0.25, 0.3) is 0 Å². The van der Waals surface area contributed by atoms with E-state index >= 15 is 0 Å². The van der Waals surface area contributed by atoms with Gasteiger partial charge in [-0.2, -0.15) is 0 Å². The van der Waals surface area contributed by atoms with E-state index in [1.54, 1.807) is 6.26 Å². The maximum absolute atomic E-state index is 11.9. The lowest BCUT2D eigenvalue weighted by molar-refractivity contribution is -0.121.